The van der Waals surface area contributed by atoms with Crippen LogP contribution in [0.4, 0.5) is 0 Å². The first-order chi connectivity index (χ1) is 16.1. The van der Waals surface area contributed by atoms with Crippen LogP contribution in [0.25, 0.3) is 11.1 Å². The van der Waals surface area contributed by atoms with Gasteiger partial charge in [0, 0.05) is 17.6 Å². The summed E-state index contributed by atoms with van der Waals surface area (Å²) in [7, 11) is 0. The summed E-state index contributed by atoms with van der Waals surface area (Å²) < 4.78 is 0. The Labute approximate surface area is 198 Å². The molecule has 2 N–H and O–H groups in total. The molecule has 5 nitrogen and oxygen atoms in total. The number of halogens is 1. The van der Waals surface area contributed by atoms with Crippen LogP contribution in [-0.4, -0.2) is 41.0 Å². The summed E-state index contributed by atoms with van der Waals surface area (Å²) in [6.45, 7) is 0.356. The van der Waals surface area contributed by atoms with E-state index in [9.17, 15) is 14.7 Å². The van der Waals surface area contributed by atoms with Crippen molar-refractivity contribution in [2.75, 3.05) is 13.1 Å². The van der Waals surface area contributed by atoms with Gasteiger partial charge in [0.05, 0.1) is 18.7 Å². The number of carbonyl (C=O) groups is 2. The second kappa shape index (κ2) is 10.6. The van der Waals surface area contributed by atoms with Crippen LogP contribution in [0.5, 0.6) is 0 Å². The van der Waals surface area contributed by atoms with Gasteiger partial charge < -0.3 is 10.4 Å². The molecule has 3 aromatic carbocycles. The predicted molar refractivity (Wildman–Crippen MR) is 130 cm³/mol. The van der Waals surface area contributed by atoms with Crippen molar-refractivity contribution in [3.05, 3.63) is 107 Å². The summed E-state index contributed by atoms with van der Waals surface area (Å²) in [6, 6.07) is 25.5. The van der Waals surface area contributed by atoms with E-state index in [4.69, 9.17) is 11.6 Å². The number of imide groups is 1. The quantitative estimate of drug-likeness (QED) is 0.530. The van der Waals surface area contributed by atoms with Gasteiger partial charge in [0.25, 0.3) is 5.91 Å². The van der Waals surface area contributed by atoms with E-state index in [-0.39, 0.29) is 12.5 Å². The van der Waals surface area contributed by atoms with Crippen molar-refractivity contribution in [1.29, 1.82) is 0 Å². The molecule has 1 fully saturated rings. The number of carbonyl (C=O) groups excluding carboxylic acids is 2. The second-order valence-corrected chi connectivity index (χ2v) is 8.25. The molecule has 168 valence electrons. The molecule has 0 saturated carbocycles. The molecule has 1 heterocycles. The highest BCUT2D eigenvalue weighted by Gasteiger charge is 2.34. The Hall–Kier alpha value is -3.25. The topological polar surface area (TPSA) is 69.6 Å². The largest absolute Gasteiger partial charge is 0.387 e. The Balaban J connectivity index is 1.59. The molecule has 2 atom stereocenters. The lowest BCUT2D eigenvalue weighted by molar-refractivity contribution is -0.131. The summed E-state index contributed by atoms with van der Waals surface area (Å²) in [6.07, 6.45) is -0.562. The number of rotatable bonds is 6. The van der Waals surface area contributed by atoms with Crippen LogP contribution in [0, 0.1) is 0 Å². The molecule has 0 bridgehead atoms. The van der Waals surface area contributed by atoms with Gasteiger partial charge in [-0.3, -0.25) is 14.5 Å². The van der Waals surface area contributed by atoms with Crippen LogP contribution in [0.15, 0.2) is 96.0 Å². The normalized spacial score (nSPS) is 17.6. The number of benzene rings is 3. The predicted octanol–water partition coefficient (Wildman–Crippen LogP) is 4.54. The minimum Gasteiger partial charge on any atom is -0.387 e. The van der Waals surface area contributed by atoms with Crippen LogP contribution in [0.2, 0.25) is 0 Å². The standard InChI is InChI=1S/C27H25ClN2O3/c28-16-19-15-24(29-17-19)27(33)30(18-25(31)22-9-5-2-6-10-22)26(32)23-13-11-21(12-14-23)20-7-3-1-4-8-20/h1-14,16,24-25,29,31H,15,17-18H2/t24-,25?/m0/s1. The van der Waals surface area contributed by atoms with Crippen LogP contribution < -0.4 is 5.32 Å². The fourth-order valence-electron chi connectivity index (χ4n) is 3.92. The van der Waals surface area contributed by atoms with Crippen LogP contribution in [0.1, 0.15) is 28.4 Å². The summed E-state index contributed by atoms with van der Waals surface area (Å²) in [5, 5.41) is 13.9. The molecule has 0 radical (unpaired) electrons. The van der Waals surface area contributed by atoms with Crippen molar-refractivity contribution >= 4 is 23.4 Å². The maximum absolute atomic E-state index is 13.4. The summed E-state index contributed by atoms with van der Waals surface area (Å²) in [5.41, 5.74) is 5.41. The molecule has 1 aliphatic rings. The zero-order valence-corrected chi connectivity index (χ0v) is 18.8. The lowest BCUT2D eigenvalue weighted by atomic mass is 10.0. The van der Waals surface area contributed by atoms with Gasteiger partial charge >= 0.3 is 0 Å². The van der Waals surface area contributed by atoms with E-state index in [0.29, 0.717) is 24.1 Å². The van der Waals surface area contributed by atoms with E-state index in [0.717, 1.165) is 21.6 Å². The van der Waals surface area contributed by atoms with Crippen LogP contribution in [-0.2, 0) is 4.79 Å². The van der Waals surface area contributed by atoms with Crippen molar-refractivity contribution in [1.82, 2.24) is 10.2 Å². The van der Waals surface area contributed by atoms with Crippen LogP contribution >= 0.6 is 11.6 Å². The number of aliphatic hydroxyl groups is 1. The molecule has 0 aliphatic carbocycles. The lowest BCUT2D eigenvalue weighted by Crippen LogP contribution is -2.48. The molecule has 33 heavy (non-hydrogen) atoms. The molecule has 1 aliphatic heterocycles. The van der Waals surface area contributed by atoms with Gasteiger partial charge in [0.15, 0.2) is 0 Å². The fourth-order valence-corrected chi connectivity index (χ4v) is 4.09. The monoisotopic (exact) mass is 460 g/mol. The van der Waals surface area contributed by atoms with E-state index >= 15 is 0 Å². The van der Waals surface area contributed by atoms with E-state index in [1.807, 2.05) is 60.7 Å². The van der Waals surface area contributed by atoms with Gasteiger partial charge in [-0.05, 0) is 40.8 Å². The second-order valence-electron chi connectivity index (χ2n) is 8.03. The maximum Gasteiger partial charge on any atom is 0.260 e. The SMILES string of the molecule is O=C(c1ccc(-c2ccccc2)cc1)N(CC(O)c1ccccc1)C(=O)[C@@H]1CC(=CCl)CN1. The van der Waals surface area contributed by atoms with E-state index in [1.54, 1.807) is 24.3 Å². The number of nitrogens with one attached hydrogen (secondary N) is 1. The van der Waals surface area contributed by atoms with Crippen molar-refractivity contribution in [3.8, 4) is 11.1 Å². The van der Waals surface area contributed by atoms with E-state index < -0.39 is 18.1 Å². The third-order valence-corrected chi connectivity index (χ3v) is 6.09. The molecule has 4 rings (SSSR count). The van der Waals surface area contributed by atoms with Gasteiger partial charge in [-0.2, -0.15) is 0 Å². The number of aliphatic hydroxyl groups excluding tert-OH is 1. The molecular formula is C27H25ClN2O3. The Morgan fingerprint density at radius 1 is 0.970 bits per heavy atom. The third-order valence-electron chi connectivity index (χ3n) is 5.78. The number of hydrogen-bond acceptors (Lipinski definition) is 4. The molecule has 3 aromatic rings. The molecular weight excluding hydrogens is 436 g/mol. The Morgan fingerprint density at radius 3 is 2.18 bits per heavy atom. The number of nitrogens with zero attached hydrogens (tertiary/aromatic N) is 1. The molecule has 0 aromatic heterocycles. The molecule has 2 amide bonds. The molecule has 1 saturated heterocycles. The summed E-state index contributed by atoms with van der Waals surface area (Å²) >= 11 is 5.81. The Bertz CT molecular complexity index is 1130. The molecule has 1 unspecified atom stereocenters. The van der Waals surface area contributed by atoms with Gasteiger partial charge in [-0.25, -0.2) is 0 Å². The smallest absolute Gasteiger partial charge is 0.260 e. The van der Waals surface area contributed by atoms with Crippen molar-refractivity contribution in [3.63, 3.8) is 0 Å². The highest BCUT2D eigenvalue weighted by atomic mass is 35.5. The first-order valence-electron chi connectivity index (χ1n) is 10.8. The highest BCUT2D eigenvalue weighted by Crippen LogP contribution is 2.23. The Kier molecular flexibility index (Phi) is 7.35. The summed E-state index contributed by atoms with van der Waals surface area (Å²) in [5.74, 6) is -0.824. The average molecular weight is 461 g/mol. The number of amides is 2. The first-order valence-corrected chi connectivity index (χ1v) is 11.3. The molecule has 6 heteroatoms. The lowest BCUT2D eigenvalue weighted by Gasteiger charge is -2.26. The van der Waals surface area contributed by atoms with E-state index in [2.05, 4.69) is 5.32 Å². The first kappa shape index (κ1) is 22.9. The average Bonchev–Trinajstić information content (AvgIpc) is 3.37. The van der Waals surface area contributed by atoms with Crippen molar-refractivity contribution in [2.24, 2.45) is 0 Å². The van der Waals surface area contributed by atoms with Crippen molar-refractivity contribution in [2.45, 2.75) is 18.6 Å². The zero-order chi connectivity index (χ0) is 23.2. The fraction of sp³-hybridized carbons (Fsp3) is 0.185. The highest BCUT2D eigenvalue weighted by molar-refractivity contribution is 6.25. The van der Waals surface area contributed by atoms with Crippen LogP contribution in [0.3, 0.4) is 0 Å². The molecule has 0 spiro atoms. The van der Waals surface area contributed by atoms with Gasteiger partial charge in [0.1, 0.15) is 0 Å². The third kappa shape index (κ3) is 5.40. The number of hydrogen-bond donors (Lipinski definition) is 2. The Morgan fingerprint density at radius 2 is 1.58 bits per heavy atom. The minimum atomic E-state index is -0.993. The minimum absolute atomic E-state index is 0.139. The maximum atomic E-state index is 13.4. The van der Waals surface area contributed by atoms with Crippen molar-refractivity contribution < 1.29 is 14.7 Å². The zero-order valence-electron chi connectivity index (χ0n) is 18.0. The van der Waals surface area contributed by atoms with Gasteiger partial charge in [-0.15, -0.1) is 0 Å². The summed E-state index contributed by atoms with van der Waals surface area (Å²) in [4.78, 5) is 27.9. The van der Waals surface area contributed by atoms with Gasteiger partial charge in [0.2, 0.25) is 5.91 Å². The van der Waals surface area contributed by atoms with E-state index in [1.165, 1.54) is 5.54 Å². The van der Waals surface area contributed by atoms with Gasteiger partial charge in [-0.1, -0.05) is 84.4 Å².